The number of carbonyl (C=O) groups excluding carboxylic acids is 2. The van der Waals surface area contributed by atoms with Gasteiger partial charge in [-0.2, -0.15) is 0 Å². The van der Waals surface area contributed by atoms with Crippen LogP contribution in [0.5, 0.6) is 17.2 Å². The van der Waals surface area contributed by atoms with Crippen LogP contribution in [0.3, 0.4) is 0 Å². The topological polar surface area (TPSA) is 183 Å². The fraction of sp³-hybridized carbons (Fsp3) is 0.462. The van der Waals surface area contributed by atoms with Crippen LogP contribution in [-0.2, 0) is 15.9 Å². The van der Waals surface area contributed by atoms with Crippen LogP contribution >= 0.6 is 0 Å². The molecule has 1 heterocycles. The van der Waals surface area contributed by atoms with E-state index in [1.165, 1.54) is 39.2 Å². The van der Waals surface area contributed by atoms with Crippen LogP contribution in [0.1, 0.15) is 69.3 Å². The average molecular weight is 516 g/mol. The second-order valence-corrected chi connectivity index (χ2v) is 10.1. The van der Waals surface area contributed by atoms with E-state index in [0.29, 0.717) is 5.56 Å². The molecule has 7 unspecified atom stereocenters. The summed E-state index contributed by atoms with van der Waals surface area (Å²) in [6.45, 7) is 3.02. The molecule has 198 valence electrons. The summed E-state index contributed by atoms with van der Waals surface area (Å²) < 4.78 is 16.6. The molecule has 0 amide bonds. The lowest BCUT2D eigenvalue weighted by atomic mass is 9.74. The highest BCUT2D eigenvalue weighted by Crippen LogP contribution is 2.48. The maximum atomic E-state index is 13.5. The van der Waals surface area contributed by atoms with E-state index in [0.717, 1.165) is 0 Å². The molecule has 7 atom stereocenters. The fourth-order valence-corrected chi connectivity index (χ4v) is 5.45. The van der Waals surface area contributed by atoms with Crippen LogP contribution in [0.2, 0.25) is 0 Å². The quantitative estimate of drug-likeness (QED) is 0.284. The van der Waals surface area contributed by atoms with Crippen molar-refractivity contribution in [3.05, 3.63) is 51.6 Å². The first-order valence-corrected chi connectivity index (χ1v) is 11.8. The smallest absolute Gasteiger partial charge is 0.201 e. The number of benzene rings is 2. The number of aliphatic hydroxyl groups excluding tert-OH is 3. The number of phenols is 2. The minimum absolute atomic E-state index is 0.0204. The lowest BCUT2D eigenvalue weighted by molar-refractivity contribution is -0.308. The summed E-state index contributed by atoms with van der Waals surface area (Å²) in [7, 11) is 1.35. The summed E-state index contributed by atoms with van der Waals surface area (Å²) >= 11 is 0. The second kappa shape index (κ2) is 8.76. The fourth-order valence-electron chi connectivity index (χ4n) is 5.45. The van der Waals surface area contributed by atoms with Crippen LogP contribution in [-0.4, -0.2) is 85.6 Å². The summed E-state index contributed by atoms with van der Waals surface area (Å²) in [5, 5.41) is 63.3. The van der Waals surface area contributed by atoms with E-state index in [9.17, 15) is 40.2 Å². The number of fused-ring (bicyclic) bond motifs is 3. The molecule has 2 aromatic carbocycles. The molecule has 1 aliphatic heterocycles. The standard InChI is InChI=1S/C26H28O11/c1-9-19(28)23(32)24(33)25(36-9)37-15-8-26(2,34)7-10-4-12-18(21(30)16(10)15)22(31)17-13(20(12)29)5-11(35-3)6-14(17)27/h4-6,9,15,19,23-25,27-28,30,32-34H,7-8H2,1-3H3. The first-order valence-electron chi connectivity index (χ1n) is 11.8. The Morgan fingerprint density at radius 2 is 1.65 bits per heavy atom. The van der Waals surface area contributed by atoms with Gasteiger partial charge < -0.3 is 44.8 Å². The number of hydrogen-bond acceptors (Lipinski definition) is 11. The number of aromatic hydroxyl groups is 2. The third-order valence-corrected chi connectivity index (χ3v) is 7.32. The lowest BCUT2D eigenvalue weighted by Crippen LogP contribution is -2.57. The molecule has 37 heavy (non-hydrogen) atoms. The van der Waals surface area contributed by atoms with Gasteiger partial charge in [-0.15, -0.1) is 0 Å². The highest BCUT2D eigenvalue weighted by molar-refractivity contribution is 6.30. The van der Waals surface area contributed by atoms with Gasteiger partial charge in [0.1, 0.15) is 35.6 Å². The molecular formula is C26H28O11. The summed E-state index contributed by atoms with van der Waals surface area (Å²) in [6.07, 6.45) is -8.04. The Balaban J connectivity index is 1.61. The molecule has 0 saturated carbocycles. The molecule has 0 bridgehead atoms. The number of methoxy groups -OCH3 is 1. The van der Waals surface area contributed by atoms with E-state index in [-0.39, 0.29) is 46.4 Å². The van der Waals surface area contributed by atoms with E-state index in [1.54, 1.807) is 0 Å². The Morgan fingerprint density at radius 1 is 0.973 bits per heavy atom. The van der Waals surface area contributed by atoms with Crippen molar-refractivity contribution in [2.45, 2.75) is 69.1 Å². The Morgan fingerprint density at radius 3 is 2.32 bits per heavy atom. The average Bonchev–Trinajstić information content (AvgIpc) is 2.82. The zero-order valence-corrected chi connectivity index (χ0v) is 20.3. The van der Waals surface area contributed by atoms with Gasteiger partial charge >= 0.3 is 0 Å². The number of hydrogen-bond donors (Lipinski definition) is 6. The lowest BCUT2D eigenvalue weighted by Gasteiger charge is -2.43. The summed E-state index contributed by atoms with van der Waals surface area (Å²) in [5.41, 5.74) is -1.67. The minimum Gasteiger partial charge on any atom is -0.507 e. The Bertz CT molecular complexity index is 1300. The van der Waals surface area contributed by atoms with Crippen LogP contribution in [0.15, 0.2) is 18.2 Å². The molecule has 1 fully saturated rings. The normalized spacial score (nSPS) is 32.9. The maximum absolute atomic E-state index is 13.5. The van der Waals surface area contributed by atoms with Gasteiger partial charge in [0.25, 0.3) is 0 Å². The monoisotopic (exact) mass is 516 g/mol. The van der Waals surface area contributed by atoms with Crippen molar-refractivity contribution in [3.8, 4) is 17.2 Å². The number of rotatable bonds is 3. The second-order valence-electron chi connectivity index (χ2n) is 10.1. The highest BCUT2D eigenvalue weighted by atomic mass is 16.7. The van der Waals surface area contributed by atoms with Crippen molar-refractivity contribution in [1.82, 2.24) is 0 Å². The van der Waals surface area contributed by atoms with Gasteiger partial charge in [0, 0.05) is 35.6 Å². The predicted octanol–water partition coefficient (Wildman–Crippen LogP) is 0.464. The SMILES string of the molecule is COc1cc(O)c2c(c1)C(=O)c1cc3c(c(O)c1C2=O)C(OC1OC(C)C(O)C(O)C1O)CC(C)(O)C3. The number of ether oxygens (including phenoxy) is 3. The highest BCUT2D eigenvalue weighted by Gasteiger charge is 2.47. The summed E-state index contributed by atoms with van der Waals surface area (Å²) in [4.78, 5) is 26.8. The number of aliphatic hydroxyl groups is 4. The molecule has 0 aromatic heterocycles. The Hall–Kier alpha value is -3.06. The first kappa shape index (κ1) is 25.6. The molecule has 1 saturated heterocycles. The molecule has 5 rings (SSSR count). The van der Waals surface area contributed by atoms with E-state index in [1.807, 2.05) is 0 Å². The molecule has 0 radical (unpaired) electrons. The van der Waals surface area contributed by atoms with E-state index >= 15 is 0 Å². The number of phenolic OH excluding ortho intramolecular Hbond substituents is 2. The zero-order chi connectivity index (χ0) is 27.0. The van der Waals surface area contributed by atoms with Crippen LogP contribution in [0.25, 0.3) is 0 Å². The van der Waals surface area contributed by atoms with Crippen molar-refractivity contribution in [1.29, 1.82) is 0 Å². The molecule has 2 aromatic rings. The molecule has 6 N–H and O–H groups in total. The van der Waals surface area contributed by atoms with Gasteiger partial charge in [-0.25, -0.2) is 0 Å². The van der Waals surface area contributed by atoms with Crippen molar-refractivity contribution in [2.75, 3.05) is 7.11 Å². The molecule has 11 nitrogen and oxygen atoms in total. The molecular weight excluding hydrogens is 488 g/mol. The summed E-state index contributed by atoms with van der Waals surface area (Å²) in [6, 6.07) is 3.93. The third kappa shape index (κ3) is 3.99. The van der Waals surface area contributed by atoms with Crippen molar-refractivity contribution < 1.29 is 54.4 Å². The number of carbonyl (C=O) groups is 2. The molecule has 2 aliphatic carbocycles. The van der Waals surface area contributed by atoms with E-state index in [4.69, 9.17) is 14.2 Å². The van der Waals surface area contributed by atoms with Gasteiger partial charge in [0.05, 0.1) is 36.0 Å². The van der Waals surface area contributed by atoms with Gasteiger partial charge in [-0.1, -0.05) is 0 Å². The van der Waals surface area contributed by atoms with Crippen LogP contribution in [0.4, 0.5) is 0 Å². The number of ketones is 2. The molecule has 0 spiro atoms. The zero-order valence-electron chi connectivity index (χ0n) is 20.3. The first-order chi connectivity index (χ1) is 17.3. The van der Waals surface area contributed by atoms with Gasteiger partial charge in [0.15, 0.2) is 12.1 Å². The van der Waals surface area contributed by atoms with Gasteiger partial charge in [-0.3, -0.25) is 9.59 Å². The van der Waals surface area contributed by atoms with Crippen LogP contribution in [0, 0.1) is 0 Å². The Kier molecular flexibility index (Phi) is 6.06. The predicted molar refractivity (Wildman–Crippen MR) is 125 cm³/mol. The molecule has 3 aliphatic rings. The van der Waals surface area contributed by atoms with Gasteiger partial charge in [0.2, 0.25) is 5.78 Å². The molecule has 11 heteroatoms. The van der Waals surface area contributed by atoms with Crippen molar-refractivity contribution >= 4 is 11.6 Å². The van der Waals surface area contributed by atoms with E-state index in [2.05, 4.69) is 0 Å². The largest absolute Gasteiger partial charge is 0.507 e. The van der Waals surface area contributed by atoms with Gasteiger partial charge in [-0.05, 0) is 31.5 Å². The maximum Gasteiger partial charge on any atom is 0.201 e. The Labute approximate surface area is 211 Å². The third-order valence-electron chi connectivity index (χ3n) is 7.32. The van der Waals surface area contributed by atoms with Crippen LogP contribution < -0.4 is 4.74 Å². The van der Waals surface area contributed by atoms with E-state index < -0.39 is 65.5 Å². The van der Waals surface area contributed by atoms with Crippen molar-refractivity contribution in [3.63, 3.8) is 0 Å². The minimum atomic E-state index is -1.64. The van der Waals surface area contributed by atoms with Crippen molar-refractivity contribution in [2.24, 2.45) is 0 Å². The summed E-state index contributed by atoms with van der Waals surface area (Å²) in [5.74, 6) is -2.25.